The third kappa shape index (κ3) is 7.26. The maximum Gasteiger partial charge on any atom is 0.412 e. The van der Waals surface area contributed by atoms with Crippen molar-refractivity contribution in [2.24, 2.45) is 12.0 Å². The molecule has 0 radical (unpaired) electrons. The number of rotatable bonds is 6. The van der Waals surface area contributed by atoms with Gasteiger partial charge in [0.05, 0.1) is 6.54 Å². The lowest BCUT2D eigenvalue weighted by atomic mass is 10.1. The van der Waals surface area contributed by atoms with Crippen LogP contribution in [0, 0.1) is 0 Å². The zero-order valence-electron chi connectivity index (χ0n) is 17.1. The van der Waals surface area contributed by atoms with E-state index in [1.807, 2.05) is 56.7 Å². The van der Waals surface area contributed by atoms with Crippen molar-refractivity contribution >= 4 is 17.7 Å². The Labute approximate surface area is 165 Å². The number of amides is 1. The lowest BCUT2D eigenvalue weighted by molar-refractivity contribution is 0.0636. The van der Waals surface area contributed by atoms with E-state index in [9.17, 15) is 4.79 Å². The van der Waals surface area contributed by atoms with Crippen LogP contribution in [0.4, 0.5) is 10.5 Å². The molecule has 0 fully saturated rings. The van der Waals surface area contributed by atoms with Gasteiger partial charge in [0.2, 0.25) is 0 Å². The number of aromatic nitrogens is 3. The van der Waals surface area contributed by atoms with Crippen molar-refractivity contribution < 1.29 is 9.53 Å². The molecule has 1 heterocycles. The zero-order chi connectivity index (χ0) is 20.6. The molecule has 0 aliphatic heterocycles. The van der Waals surface area contributed by atoms with Crippen LogP contribution in [0.25, 0.3) is 0 Å². The van der Waals surface area contributed by atoms with E-state index in [2.05, 4.69) is 31.1 Å². The molecule has 28 heavy (non-hydrogen) atoms. The van der Waals surface area contributed by atoms with Crippen molar-refractivity contribution in [1.82, 2.24) is 25.4 Å². The number of anilines is 1. The van der Waals surface area contributed by atoms with Crippen LogP contribution in [0.1, 0.15) is 32.2 Å². The lowest BCUT2D eigenvalue weighted by Gasteiger charge is -2.19. The van der Waals surface area contributed by atoms with Gasteiger partial charge in [-0.3, -0.25) is 10.3 Å². The van der Waals surface area contributed by atoms with Crippen LogP contribution in [0.5, 0.6) is 0 Å². The predicted molar refractivity (Wildman–Crippen MR) is 109 cm³/mol. The summed E-state index contributed by atoms with van der Waals surface area (Å²) in [5.74, 6) is 1.53. The second kappa shape index (κ2) is 9.72. The molecular formula is C19H29N7O2. The van der Waals surface area contributed by atoms with Crippen molar-refractivity contribution in [2.45, 2.75) is 39.3 Å². The Morgan fingerprint density at radius 3 is 2.50 bits per heavy atom. The summed E-state index contributed by atoms with van der Waals surface area (Å²) in [7, 11) is 3.62. The minimum absolute atomic E-state index is 0.459. The molecule has 9 nitrogen and oxygen atoms in total. The molecule has 0 atom stereocenters. The molecule has 0 saturated heterocycles. The van der Waals surface area contributed by atoms with Gasteiger partial charge in [-0.25, -0.2) is 4.79 Å². The van der Waals surface area contributed by atoms with Gasteiger partial charge in [0.25, 0.3) is 0 Å². The van der Waals surface area contributed by atoms with Gasteiger partial charge < -0.3 is 19.9 Å². The zero-order valence-corrected chi connectivity index (χ0v) is 17.1. The van der Waals surface area contributed by atoms with Gasteiger partial charge in [-0.1, -0.05) is 12.1 Å². The van der Waals surface area contributed by atoms with Crippen LogP contribution >= 0.6 is 0 Å². The first-order valence-electron chi connectivity index (χ1n) is 9.13. The van der Waals surface area contributed by atoms with Crippen molar-refractivity contribution in [3.05, 3.63) is 42.0 Å². The minimum atomic E-state index is -0.519. The van der Waals surface area contributed by atoms with Gasteiger partial charge in [-0.2, -0.15) is 0 Å². The molecule has 2 rings (SSSR count). The molecule has 1 aromatic heterocycles. The Morgan fingerprint density at radius 1 is 1.21 bits per heavy atom. The summed E-state index contributed by atoms with van der Waals surface area (Å²) in [5.41, 5.74) is 1.33. The van der Waals surface area contributed by atoms with Gasteiger partial charge in [-0.15, -0.1) is 10.2 Å². The van der Waals surface area contributed by atoms with E-state index in [1.165, 1.54) is 0 Å². The van der Waals surface area contributed by atoms with Crippen LogP contribution in [-0.4, -0.2) is 46.0 Å². The smallest absolute Gasteiger partial charge is 0.412 e. The third-order valence-electron chi connectivity index (χ3n) is 3.75. The molecule has 0 aliphatic carbocycles. The molecule has 0 spiro atoms. The average molecular weight is 387 g/mol. The maximum absolute atomic E-state index is 11.8. The SMILES string of the molecule is CN=C(NCCc1ccc(NC(=O)OC(C)(C)C)cc1)NCc1nncn1C. The van der Waals surface area contributed by atoms with Gasteiger partial charge in [0.1, 0.15) is 11.9 Å². The van der Waals surface area contributed by atoms with E-state index < -0.39 is 11.7 Å². The number of nitrogens with one attached hydrogen (secondary N) is 3. The number of ether oxygens (including phenoxy) is 1. The van der Waals surface area contributed by atoms with E-state index in [0.29, 0.717) is 18.2 Å². The molecule has 9 heteroatoms. The van der Waals surface area contributed by atoms with E-state index in [0.717, 1.165) is 24.4 Å². The van der Waals surface area contributed by atoms with E-state index >= 15 is 0 Å². The molecule has 0 saturated carbocycles. The Balaban J connectivity index is 1.74. The first kappa shape index (κ1) is 21.2. The monoisotopic (exact) mass is 387 g/mol. The molecule has 0 aliphatic rings. The first-order chi connectivity index (χ1) is 13.3. The number of guanidine groups is 1. The number of nitrogens with zero attached hydrogens (tertiary/aromatic N) is 4. The standard InChI is InChI=1S/C19H29N7O2/c1-19(2,3)28-18(27)24-15-8-6-14(7-9-15)10-11-21-17(20-4)22-12-16-25-23-13-26(16)5/h6-9,13H,10-12H2,1-5H3,(H,24,27)(H2,20,21,22). The molecular weight excluding hydrogens is 358 g/mol. The first-order valence-corrected chi connectivity index (χ1v) is 9.13. The molecule has 0 unspecified atom stereocenters. The molecule has 3 N–H and O–H groups in total. The summed E-state index contributed by atoms with van der Waals surface area (Å²) in [6, 6.07) is 7.68. The van der Waals surface area contributed by atoms with E-state index in [-0.39, 0.29) is 0 Å². The predicted octanol–water partition coefficient (Wildman–Crippen LogP) is 2.07. The second-order valence-electron chi connectivity index (χ2n) is 7.28. The number of hydrogen-bond donors (Lipinski definition) is 3. The number of aliphatic imine (C=N–C) groups is 1. The normalized spacial score (nSPS) is 11.8. The van der Waals surface area contributed by atoms with Crippen LogP contribution in [0.3, 0.4) is 0 Å². The van der Waals surface area contributed by atoms with E-state index in [4.69, 9.17) is 4.74 Å². The molecule has 2 aromatic rings. The topological polar surface area (TPSA) is 105 Å². The largest absolute Gasteiger partial charge is 0.444 e. The second-order valence-corrected chi connectivity index (χ2v) is 7.28. The highest BCUT2D eigenvalue weighted by atomic mass is 16.6. The van der Waals surface area contributed by atoms with Crippen LogP contribution < -0.4 is 16.0 Å². The highest BCUT2D eigenvalue weighted by Gasteiger charge is 2.16. The van der Waals surface area contributed by atoms with Crippen LogP contribution in [-0.2, 0) is 24.8 Å². The van der Waals surface area contributed by atoms with Gasteiger partial charge >= 0.3 is 6.09 Å². The van der Waals surface area contributed by atoms with Crippen molar-refractivity contribution in [2.75, 3.05) is 18.9 Å². The lowest BCUT2D eigenvalue weighted by Crippen LogP contribution is -2.38. The Hall–Kier alpha value is -3.10. The number of carbonyl (C=O) groups is 1. The van der Waals surface area contributed by atoms with Gasteiger partial charge in [-0.05, 0) is 44.9 Å². The number of carbonyl (C=O) groups excluding carboxylic acids is 1. The van der Waals surface area contributed by atoms with Crippen molar-refractivity contribution in [3.8, 4) is 0 Å². The van der Waals surface area contributed by atoms with Gasteiger partial charge in [0.15, 0.2) is 11.8 Å². The fourth-order valence-electron chi connectivity index (χ4n) is 2.35. The molecule has 1 amide bonds. The summed E-state index contributed by atoms with van der Waals surface area (Å²) in [6.07, 6.45) is 2.02. The number of aryl methyl sites for hydroxylation is 1. The molecule has 1 aromatic carbocycles. The van der Waals surface area contributed by atoms with Crippen molar-refractivity contribution in [1.29, 1.82) is 0 Å². The summed E-state index contributed by atoms with van der Waals surface area (Å²) >= 11 is 0. The summed E-state index contributed by atoms with van der Waals surface area (Å²) < 4.78 is 7.10. The summed E-state index contributed by atoms with van der Waals surface area (Å²) in [4.78, 5) is 16.0. The number of hydrogen-bond acceptors (Lipinski definition) is 5. The third-order valence-corrected chi connectivity index (χ3v) is 3.75. The van der Waals surface area contributed by atoms with Crippen molar-refractivity contribution in [3.63, 3.8) is 0 Å². The van der Waals surface area contributed by atoms with Crippen LogP contribution in [0.15, 0.2) is 35.6 Å². The fourth-order valence-corrected chi connectivity index (χ4v) is 2.35. The summed E-state index contributed by atoms with van der Waals surface area (Å²) in [6.45, 7) is 6.76. The minimum Gasteiger partial charge on any atom is -0.444 e. The quantitative estimate of drug-likeness (QED) is 0.518. The van der Waals surface area contributed by atoms with Gasteiger partial charge in [0, 0.05) is 26.3 Å². The summed E-state index contributed by atoms with van der Waals surface area (Å²) in [5, 5.41) is 17.1. The Kier molecular flexibility index (Phi) is 7.36. The molecule has 152 valence electrons. The number of benzene rings is 1. The highest BCUT2D eigenvalue weighted by Crippen LogP contribution is 2.13. The Morgan fingerprint density at radius 2 is 1.93 bits per heavy atom. The van der Waals surface area contributed by atoms with E-state index in [1.54, 1.807) is 13.4 Å². The maximum atomic E-state index is 11.8. The average Bonchev–Trinajstić information content (AvgIpc) is 3.02. The fraction of sp³-hybridized carbons (Fsp3) is 0.474. The van der Waals surface area contributed by atoms with Crippen LogP contribution in [0.2, 0.25) is 0 Å². The Bertz CT molecular complexity index is 791. The highest BCUT2D eigenvalue weighted by molar-refractivity contribution is 5.84. The molecule has 0 bridgehead atoms.